The van der Waals surface area contributed by atoms with Gasteiger partial charge in [-0.2, -0.15) is 0 Å². The maximum absolute atomic E-state index is 11.0. The van der Waals surface area contributed by atoms with Crippen LogP contribution in [0.3, 0.4) is 0 Å². The summed E-state index contributed by atoms with van der Waals surface area (Å²) in [4.78, 5) is 23.2. The average Bonchev–Trinajstić information content (AvgIpc) is 2.46. The van der Waals surface area contributed by atoms with E-state index in [0.717, 1.165) is 0 Å². The Morgan fingerprint density at radius 3 is 2.62 bits per heavy atom. The van der Waals surface area contributed by atoms with Crippen molar-refractivity contribution in [1.29, 1.82) is 0 Å². The second-order valence-electron chi connectivity index (χ2n) is 3.05. The Labute approximate surface area is 75.1 Å². The summed E-state index contributed by atoms with van der Waals surface area (Å²) in [5.74, 6) is -0.947. The Kier molecular flexibility index (Phi) is 2.84. The van der Waals surface area contributed by atoms with Crippen LogP contribution in [0.2, 0.25) is 0 Å². The van der Waals surface area contributed by atoms with Crippen molar-refractivity contribution in [3.8, 4) is 0 Å². The first-order chi connectivity index (χ1) is 6.06. The van der Waals surface area contributed by atoms with Gasteiger partial charge in [-0.3, -0.25) is 14.8 Å². The van der Waals surface area contributed by atoms with Gasteiger partial charge in [0, 0.05) is 19.9 Å². The first-order valence-corrected chi connectivity index (χ1v) is 3.95. The second kappa shape index (κ2) is 3.71. The fraction of sp³-hybridized carbons (Fsp3) is 0.714. The number of hydroxylamine groups is 1. The fourth-order valence-electron chi connectivity index (χ4n) is 1.48. The maximum Gasteiger partial charge on any atom is 0.266 e. The molecule has 2 amide bonds. The number of aliphatic hydroxyl groups is 1. The van der Waals surface area contributed by atoms with Crippen LogP contribution in [-0.4, -0.2) is 45.7 Å². The van der Waals surface area contributed by atoms with E-state index in [1.807, 2.05) is 0 Å². The van der Waals surface area contributed by atoms with Gasteiger partial charge in [0.2, 0.25) is 5.91 Å². The number of carbonyl (C=O) groups is 2. The van der Waals surface area contributed by atoms with Crippen molar-refractivity contribution in [2.24, 2.45) is 0 Å². The fourth-order valence-corrected chi connectivity index (χ4v) is 1.48. The highest BCUT2D eigenvalue weighted by molar-refractivity contribution is 5.86. The molecular formula is C7H12N2O4. The minimum Gasteiger partial charge on any atom is -0.391 e. The Morgan fingerprint density at radius 2 is 2.15 bits per heavy atom. The van der Waals surface area contributed by atoms with Gasteiger partial charge in [-0.15, -0.1) is 0 Å². The van der Waals surface area contributed by atoms with Crippen molar-refractivity contribution in [3.05, 3.63) is 0 Å². The Balaban J connectivity index is 2.71. The minimum atomic E-state index is -0.752. The summed E-state index contributed by atoms with van der Waals surface area (Å²) in [5, 5.41) is 17.6. The van der Waals surface area contributed by atoms with Crippen LogP contribution in [-0.2, 0) is 9.59 Å². The molecule has 0 bridgehead atoms. The molecule has 2 atom stereocenters. The molecule has 1 aliphatic rings. The van der Waals surface area contributed by atoms with E-state index < -0.39 is 18.1 Å². The van der Waals surface area contributed by atoms with E-state index in [2.05, 4.69) is 0 Å². The summed E-state index contributed by atoms with van der Waals surface area (Å²) in [5.41, 5.74) is 1.47. The molecule has 0 aromatic carbocycles. The molecule has 1 aliphatic heterocycles. The molecule has 0 radical (unpaired) electrons. The summed E-state index contributed by atoms with van der Waals surface area (Å²) in [6.07, 6.45) is -0.516. The van der Waals surface area contributed by atoms with Gasteiger partial charge in [0.05, 0.1) is 6.10 Å². The zero-order valence-corrected chi connectivity index (χ0v) is 7.23. The van der Waals surface area contributed by atoms with Gasteiger partial charge in [0.15, 0.2) is 0 Å². The first-order valence-electron chi connectivity index (χ1n) is 3.95. The quantitative estimate of drug-likeness (QED) is 0.344. The van der Waals surface area contributed by atoms with Crippen molar-refractivity contribution in [3.63, 3.8) is 0 Å². The van der Waals surface area contributed by atoms with Gasteiger partial charge < -0.3 is 10.0 Å². The van der Waals surface area contributed by atoms with Crippen molar-refractivity contribution in [2.75, 3.05) is 6.54 Å². The summed E-state index contributed by atoms with van der Waals surface area (Å²) >= 11 is 0. The van der Waals surface area contributed by atoms with Gasteiger partial charge in [-0.1, -0.05) is 0 Å². The molecular weight excluding hydrogens is 176 g/mol. The van der Waals surface area contributed by atoms with Gasteiger partial charge in [-0.05, 0) is 0 Å². The number of hydrogen-bond acceptors (Lipinski definition) is 4. The summed E-state index contributed by atoms with van der Waals surface area (Å²) in [6, 6.07) is -0.752. The molecule has 6 heteroatoms. The first kappa shape index (κ1) is 9.94. The van der Waals surface area contributed by atoms with Crippen LogP contribution in [0, 0.1) is 0 Å². The average molecular weight is 188 g/mol. The molecule has 1 heterocycles. The third-order valence-corrected chi connectivity index (χ3v) is 2.10. The number of amides is 2. The standard InChI is InChI=1S/C7H12N2O4/c1-4(10)9-3-5(11)2-6(9)7(12)8-13/h5-6,11,13H,2-3H2,1H3,(H,8,12)/t5-,6-/m0/s1. The number of β-amino-alcohol motifs (C(OH)–C–C–N with tert-alkyl or cyclic N) is 1. The van der Waals surface area contributed by atoms with Gasteiger partial charge in [0.1, 0.15) is 6.04 Å². The monoisotopic (exact) mass is 188 g/mol. The topological polar surface area (TPSA) is 89.9 Å². The lowest BCUT2D eigenvalue weighted by atomic mass is 10.2. The second-order valence-corrected chi connectivity index (χ2v) is 3.05. The normalized spacial score (nSPS) is 27.5. The highest BCUT2D eigenvalue weighted by Gasteiger charge is 2.37. The van der Waals surface area contributed by atoms with Crippen LogP contribution in [0.15, 0.2) is 0 Å². The number of rotatable bonds is 1. The molecule has 0 spiro atoms. The van der Waals surface area contributed by atoms with Crippen LogP contribution in [0.1, 0.15) is 13.3 Å². The van der Waals surface area contributed by atoms with Crippen LogP contribution >= 0.6 is 0 Å². The predicted octanol–water partition coefficient (Wildman–Crippen LogP) is -1.53. The lowest BCUT2D eigenvalue weighted by molar-refractivity contribution is -0.141. The smallest absolute Gasteiger partial charge is 0.266 e. The van der Waals surface area contributed by atoms with E-state index in [4.69, 9.17) is 5.21 Å². The van der Waals surface area contributed by atoms with E-state index in [-0.39, 0.29) is 18.9 Å². The third-order valence-electron chi connectivity index (χ3n) is 2.10. The number of likely N-dealkylation sites (tertiary alicyclic amines) is 1. The number of aliphatic hydroxyl groups excluding tert-OH is 1. The van der Waals surface area contributed by atoms with Gasteiger partial charge in [0.25, 0.3) is 5.91 Å². The molecule has 13 heavy (non-hydrogen) atoms. The zero-order valence-electron chi connectivity index (χ0n) is 7.23. The van der Waals surface area contributed by atoms with E-state index in [0.29, 0.717) is 0 Å². The van der Waals surface area contributed by atoms with Crippen LogP contribution in [0.4, 0.5) is 0 Å². The highest BCUT2D eigenvalue weighted by atomic mass is 16.5. The summed E-state index contributed by atoms with van der Waals surface area (Å²) in [6.45, 7) is 1.46. The van der Waals surface area contributed by atoms with E-state index in [9.17, 15) is 14.7 Å². The molecule has 0 aromatic rings. The molecule has 6 nitrogen and oxygen atoms in total. The molecule has 3 N–H and O–H groups in total. The number of carbonyl (C=O) groups excluding carboxylic acids is 2. The molecule has 74 valence electrons. The summed E-state index contributed by atoms with van der Waals surface area (Å²) in [7, 11) is 0. The van der Waals surface area contributed by atoms with Crippen molar-refractivity contribution in [2.45, 2.75) is 25.5 Å². The lowest BCUT2D eigenvalue weighted by Gasteiger charge is -2.20. The van der Waals surface area contributed by atoms with Gasteiger partial charge in [-0.25, -0.2) is 5.48 Å². The lowest BCUT2D eigenvalue weighted by Crippen LogP contribution is -2.44. The van der Waals surface area contributed by atoms with Crippen LogP contribution in [0.25, 0.3) is 0 Å². The minimum absolute atomic E-state index is 0.146. The molecule has 0 saturated carbocycles. The Bertz CT molecular complexity index is 231. The molecule has 0 unspecified atom stereocenters. The number of nitrogens with zero attached hydrogens (tertiary/aromatic N) is 1. The van der Waals surface area contributed by atoms with Crippen molar-refractivity contribution in [1.82, 2.24) is 10.4 Å². The van der Waals surface area contributed by atoms with Crippen molar-refractivity contribution < 1.29 is 19.9 Å². The zero-order chi connectivity index (χ0) is 10.0. The molecule has 0 aromatic heterocycles. The number of hydrogen-bond donors (Lipinski definition) is 3. The number of nitrogens with one attached hydrogen (secondary N) is 1. The van der Waals surface area contributed by atoms with Gasteiger partial charge >= 0.3 is 0 Å². The maximum atomic E-state index is 11.0. The Hall–Kier alpha value is -1.14. The van der Waals surface area contributed by atoms with Crippen LogP contribution in [0.5, 0.6) is 0 Å². The van der Waals surface area contributed by atoms with E-state index in [1.165, 1.54) is 17.3 Å². The molecule has 1 saturated heterocycles. The largest absolute Gasteiger partial charge is 0.391 e. The molecule has 1 fully saturated rings. The van der Waals surface area contributed by atoms with Crippen molar-refractivity contribution >= 4 is 11.8 Å². The highest BCUT2D eigenvalue weighted by Crippen LogP contribution is 2.17. The third kappa shape index (κ3) is 1.96. The molecule has 1 rings (SSSR count). The SMILES string of the molecule is CC(=O)N1C[C@@H](O)C[C@H]1C(=O)NO. The summed E-state index contributed by atoms with van der Waals surface area (Å²) < 4.78 is 0. The van der Waals surface area contributed by atoms with E-state index in [1.54, 1.807) is 0 Å². The Morgan fingerprint density at radius 1 is 1.54 bits per heavy atom. The van der Waals surface area contributed by atoms with Crippen LogP contribution < -0.4 is 5.48 Å². The predicted molar refractivity (Wildman–Crippen MR) is 41.7 cm³/mol. The van der Waals surface area contributed by atoms with E-state index >= 15 is 0 Å². The molecule has 0 aliphatic carbocycles.